The van der Waals surface area contributed by atoms with Crippen molar-refractivity contribution in [3.63, 3.8) is 0 Å². The SMILES string of the molecule is Cc1nc2c3c(nc(C)c(F)c3n1)C(F)C[C@H]1COCCCN21. The van der Waals surface area contributed by atoms with Gasteiger partial charge < -0.3 is 9.64 Å². The van der Waals surface area contributed by atoms with E-state index in [2.05, 4.69) is 15.0 Å². The third-order valence-corrected chi connectivity index (χ3v) is 4.56. The van der Waals surface area contributed by atoms with E-state index in [1.807, 2.05) is 4.90 Å². The van der Waals surface area contributed by atoms with Crippen molar-refractivity contribution in [1.82, 2.24) is 15.0 Å². The molecule has 7 heteroatoms. The number of halogens is 2. The fourth-order valence-electron chi connectivity index (χ4n) is 3.50. The summed E-state index contributed by atoms with van der Waals surface area (Å²) in [4.78, 5) is 15.0. The molecule has 0 aromatic carbocycles. The van der Waals surface area contributed by atoms with Crippen LogP contribution in [0.4, 0.5) is 14.6 Å². The maximum absolute atomic E-state index is 14.9. The summed E-state index contributed by atoms with van der Waals surface area (Å²) in [6, 6.07) is -0.123. The van der Waals surface area contributed by atoms with Gasteiger partial charge in [0.05, 0.1) is 29.4 Å². The summed E-state index contributed by atoms with van der Waals surface area (Å²) in [5.74, 6) is 0.570. The zero-order chi connectivity index (χ0) is 16.1. The van der Waals surface area contributed by atoms with E-state index >= 15 is 0 Å². The van der Waals surface area contributed by atoms with E-state index in [0.29, 0.717) is 36.8 Å². The number of nitrogens with zero attached hydrogens (tertiary/aromatic N) is 4. The fourth-order valence-corrected chi connectivity index (χ4v) is 3.50. The molecule has 0 aliphatic carbocycles. The zero-order valence-electron chi connectivity index (χ0n) is 13.1. The molecule has 2 aliphatic rings. The van der Waals surface area contributed by atoms with E-state index in [1.54, 1.807) is 13.8 Å². The maximum Gasteiger partial charge on any atom is 0.170 e. The average Bonchev–Trinajstić information content (AvgIpc) is 2.79. The van der Waals surface area contributed by atoms with Gasteiger partial charge in [0.2, 0.25) is 0 Å². The number of rotatable bonds is 0. The standard InChI is InChI=1S/C16H18F2N4O/c1-8-13(18)15-12-14(19-8)11(17)6-10-7-23-5-3-4-22(10)16(12)21-9(2)20-15/h10-11H,3-7H2,1-2H3/t10-,11?/m0/s1. The van der Waals surface area contributed by atoms with Crippen molar-refractivity contribution in [2.24, 2.45) is 0 Å². The fraction of sp³-hybridized carbons (Fsp3) is 0.562. The molecular formula is C16H18F2N4O. The molecule has 2 aromatic rings. The number of hydrogen-bond donors (Lipinski definition) is 0. The van der Waals surface area contributed by atoms with Crippen LogP contribution in [-0.4, -0.2) is 40.8 Å². The van der Waals surface area contributed by atoms with E-state index < -0.39 is 12.0 Å². The number of anilines is 1. The normalized spacial score (nSPS) is 24.3. The molecule has 1 saturated heterocycles. The number of fused-ring (bicyclic) bond motifs is 2. The first kappa shape index (κ1) is 14.7. The Kier molecular flexibility index (Phi) is 3.41. The summed E-state index contributed by atoms with van der Waals surface area (Å²) < 4.78 is 35.0. The van der Waals surface area contributed by atoms with Crippen LogP contribution in [0.3, 0.4) is 0 Å². The Hall–Kier alpha value is -1.89. The van der Waals surface area contributed by atoms with Crippen molar-refractivity contribution in [2.45, 2.75) is 38.9 Å². The molecule has 0 amide bonds. The molecule has 2 atom stereocenters. The molecule has 1 fully saturated rings. The van der Waals surface area contributed by atoms with Crippen molar-refractivity contribution in [3.8, 4) is 0 Å². The lowest BCUT2D eigenvalue weighted by Gasteiger charge is -2.29. The number of aromatic nitrogens is 3. The number of pyridine rings is 1. The molecule has 122 valence electrons. The van der Waals surface area contributed by atoms with Gasteiger partial charge >= 0.3 is 0 Å². The lowest BCUT2D eigenvalue weighted by Crippen LogP contribution is -2.38. The second-order valence-corrected chi connectivity index (χ2v) is 6.19. The molecule has 4 heterocycles. The van der Waals surface area contributed by atoms with Gasteiger partial charge in [0, 0.05) is 19.6 Å². The highest BCUT2D eigenvalue weighted by Gasteiger charge is 2.35. The van der Waals surface area contributed by atoms with Gasteiger partial charge in [-0.25, -0.2) is 18.7 Å². The molecule has 4 rings (SSSR count). The highest BCUT2D eigenvalue weighted by atomic mass is 19.1. The third-order valence-electron chi connectivity index (χ3n) is 4.56. The minimum absolute atomic E-state index is 0.123. The highest BCUT2D eigenvalue weighted by molar-refractivity contribution is 5.93. The van der Waals surface area contributed by atoms with Crippen LogP contribution in [0, 0.1) is 19.7 Å². The molecule has 5 nitrogen and oxygen atoms in total. The summed E-state index contributed by atoms with van der Waals surface area (Å²) in [6.45, 7) is 5.07. The second-order valence-electron chi connectivity index (χ2n) is 6.19. The second kappa shape index (κ2) is 5.33. The van der Waals surface area contributed by atoms with Crippen molar-refractivity contribution in [1.29, 1.82) is 0 Å². The molecule has 1 unspecified atom stereocenters. The molecule has 23 heavy (non-hydrogen) atoms. The van der Waals surface area contributed by atoms with E-state index in [0.717, 1.165) is 6.42 Å². The van der Waals surface area contributed by atoms with Crippen LogP contribution in [0.15, 0.2) is 0 Å². The van der Waals surface area contributed by atoms with Crippen LogP contribution < -0.4 is 4.90 Å². The third kappa shape index (κ3) is 2.25. The van der Waals surface area contributed by atoms with E-state index in [4.69, 9.17) is 4.74 Å². The predicted molar refractivity (Wildman–Crippen MR) is 81.8 cm³/mol. The molecule has 2 aliphatic heterocycles. The molecule has 0 N–H and O–H groups in total. The summed E-state index contributed by atoms with van der Waals surface area (Å²) >= 11 is 0. The van der Waals surface area contributed by atoms with Gasteiger partial charge in [0.25, 0.3) is 0 Å². The Morgan fingerprint density at radius 3 is 2.87 bits per heavy atom. The van der Waals surface area contributed by atoms with Gasteiger partial charge in [-0.15, -0.1) is 0 Å². The largest absolute Gasteiger partial charge is 0.379 e. The Morgan fingerprint density at radius 1 is 1.22 bits per heavy atom. The topological polar surface area (TPSA) is 51.1 Å². The van der Waals surface area contributed by atoms with E-state index in [9.17, 15) is 8.78 Å². The molecular weight excluding hydrogens is 302 g/mol. The molecule has 2 aromatic heterocycles. The number of ether oxygens (including phenoxy) is 1. The number of hydrogen-bond acceptors (Lipinski definition) is 5. The van der Waals surface area contributed by atoms with Gasteiger partial charge in [-0.1, -0.05) is 0 Å². The van der Waals surface area contributed by atoms with Gasteiger partial charge in [0.1, 0.15) is 23.3 Å². The summed E-state index contributed by atoms with van der Waals surface area (Å²) in [5, 5.41) is 0.413. The Bertz CT molecular complexity index is 782. The Labute approximate surface area is 132 Å². The van der Waals surface area contributed by atoms with Gasteiger partial charge in [-0.3, -0.25) is 4.98 Å². The van der Waals surface area contributed by atoms with Crippen molar-refractivity contribution in [3.05, 3.63) is 23.0 Å². The van der Waals surface area contributed by atoms with E-state index in [-0.39, 0.29) is 29.4 Å². The van der Waals surface area contributed by atoms with Crippen molar-refractivity contribution in [2.75, 3.05) is 24.7 Å². The van der Waals surface area contributed by atoms with Gasteiger partial charge in [-0.05, 0) is 20.3 Å². The van der Waals surface area contributed by atoms with Crippen molar-refractivity contribution < 1.29 is 13.5 Å². The first-order chi connectivity index (χ1) is 11.1. The van der Waals surface area contributed by atoms with Crippen LogP contribution in [0.25, 0.3) is 10.9 Å². The monoisotopic (exact) mass is 320 g/mol. The van der Waals surface area contributed by atoms with Crippen LogP contribution in [0.5, 0.6) is 0 Å². The quantitative estimate of drug-likeness (QED) is 0.747. The van der Waals surface area contributed by atoms with Gasteiger partial charge in [0.15, 0.2) is 5.82 Å². The summed E-state index contributed by atoms with van der Waals surface area (Å²) in [6.07, 6.45) is -0.184. The Balaban J connectivity index is 2.06. The summed E-state index contributed by atoms with van der Waals surface area (Å²) in [7, 11) is 0. The zero-order valence-corrected chi connectivity index (χ0v) is 13.1. The average molecular weight is 320 g/mol. The minimum atomic E-state index is -1.28. The molecule has 0 bridgehead atoms. The predicted octanol–water partition coefficient (Wildman–Crippen LogP) is 2.79. The highest BCUT2D eigenvalue weighted by Crippen LogP contribution is 2.40. The maximum atomic E-state index is 14.9. The Morgan fingerprint density at radius 2 is 2.04 bits per heavy atom. The van der Waals surface area contributed by atoms with E-state index in [1.165, 1.54) is 0 Å². The van der Waals surface area contributed by atoms with Crippen LogP contribution in [0.2, 0.25) is 0 Å². The lowest BCUT2D eigenvalue weighted by atomic mass is 10.1. The molecule has 0 saturated carbocycles. The van der Waals surface area contributed by atoms with Crippen molar-refractivity contribution >= 4 is 16.7 Å². The van der Waals surface area contributed by atoms with Crippen LogP contribution in [-0.2, 0) is 4.74 Å². The first-order valence-electron chi connectivity index (χ1n) is 7.89. The van der Waals surface area contributed by atoms with Crippen LogP contribution in [0.1, 0.15) is 36.2 Å². The molecule has 0 spiro atoms. The molecule has 0 radical (unpaired) electrons. The minimum Gasteiger partial charge on any atom is -0.379 e. The van der Waals surface area contributed by atoms with Crippen LogP contribution >= 0.6 is 0 Å². The lowest BCUT2D eigenvalue weighted by molar-refractivity contribution is 0.124. The smallest absolute Gasteiger partial charge is 0.170 e. The number of aryl methyl sites for hydroxylation is 2. The number of alkyl halides is 1. The van der Waals surface area contributed by atoms with Gasteiger partial charge in [-0.2, -0.15) is 0 Å². The summed E-state index contributed by atoms with van der Waals surface area (Å²) in [5.41, 5.74) is 0.595. The first-order valence-corrected chi connectivity index (χ1v) is 7.89.